The van der Waals surface area contributed by atoms with Gasteiger partial charge in [-0.2, -0.15) is 0 Å². The molecule has 24 heavy (non-hydrogen) atoms. The fourth-order valence-corrected chi connectivity index (χ4v) is 2.67. The van der Waals surface area contributed by atoms with Crippen molar-refractivity contribution in [3.63, 3.8) is 0 Å². The number of rotatable bonds is 6. The average Bonchev–Trinajstić information content (AvgIpc) is 2.57. The minimum atomic E-state index is -0.321. The van der Waals surface area contributed by atoms with Crippen LogP contribution in [0.25, 0.3) is 0 Å². The Labute approximate surface area is 148 Å². The molecule has 0 saturated heterocycles. The quantitative estimate of drug-likeness (QED) is 0.809. The molecule has 0 saturated carbocycles. The van der Waals surface area contributed by atoms with Crippen LogP contribution in [0.3, 0.4) is 0 Å². The molecule has 6 heteroatoms. The van der Waals surface area contributed by atoms with Crippen molar-refractivity contribution in [3.8, 4) is 0 Å². The molecule has 0 unspecified atom stereocenters. The first-order valence-corrected chi connectivity index (χ1v) is 8.27. The van der Waals surface area contributed by atoms with Crippen molar-refractivity contribution in [2.75, 3.05) is 32.5 Å². The maximum Gasteiger partial charge on any atom is 0.174 e. The van der Waals surface area contributed by atoms with E-state index in [-0.39, 0.29) is 11.9 Å². The number of anilines is 1. The normalized spacial score (nSPS) is 12.0. The van der Waals surface area contributed by atoms with E-state index in [4.69, 9.17) is 12.2 Å². The number of likely N-dealkylation sites (N-methyl/N-ethyl adjacent to an activating group) is 1. The maximum absolute atomic E-state index is 13.9. The van der Waals surface area contributed by atoms with Gasteiger partial charge >= 0.3 is 0 Å². The first kappa shape index (κ1) is 18.3. The van der Waals surface area contributed by atoms with E-state index in [2.05, 4.69) is 15.2 Å². The number of nitrogens with one attached hydrogen (secondary N) is 1. The fraction of sp³-hybridized carbons (Fsp3) is 0.333. The van der Waals surface area contributed by atoms with Crippen LogP contribution in [-0.2, 0) is 0 Å². The first-order chi connectivity index (χ1) is 11.5. The van der Waals surface area contributed by atoms with Crippen molar-refractivity contribution in [3.05, 3.63) is 60.2 Å². The monoisotopic (exact) mass is 346 g/mol. The molecule has 0 spiro atoms. The van der Waals surface area contributed by atoms with Crippen LogP contribution in [0.15, 0.2) is 48.7 Å². The van der Waals surface area contributed by atoms with Crippen LogP contribution in [-0.4, -0.2) is 47.1 Å². The Morgan fingerprint density at radius 1 is 1.17 bits per heavy atom. The second-order valence-corrected chi connectivity index (χ2v) is 6.22. The molecule has 0 aliphatic rings. The lowest BCUT2D eigenvalue weighted by atomic mass is 10.2. The molecule has 2 rings (SSSR count). The van der Waals surface area contributed by atoms with Gasteiger partial charge in [-0.15, -0.1) is 0 Å². The standard InChI is InChI=1S/C18H23FN4S/c1-14(16-9-6-7-11-20-16)23(13-12-22(2)3)18(24)21-17-10-5-4-8-15(17)19/h4-11,14H,12-13H2,1-3H3,(H,21,24)/t14-/m0/s1. The van der Waals surface area contributed by atoms with Gasteiger partial charge in [0.25, 0.3) is 0 Å². The molecule has 2 aromatic rings. The SMILES string of the molecule is C[C@@H](c1ccccn1)N(CCN(C)C)C(=S)Nc1ccccc1F. The minimum Gasteiger partial charge on any atom is -0.339 e. The number of aromatic nitrogens is 1. The van der Waals surface area contributed by atoms with Gasteiger partial charge in [-0.05, 0) is 57.5 Å². The van der Waals surface area contributed by atoms with Crippen molar-refractivity contribution in [1.29, 1.82) is 0 Å². The summed E-state index contributed by atoms with van der Waals surface area (Å²) in [5, 5.41) is 3.51. The van der Waals surface area contributed by atoms with Gasteiger partial charge in [0.15, 0.2) is 5.11 Å². The molecule has 1 aromatic heterocycles. The molecule has 0 aliphatic carbocycles. The topological polar surface area (TPSA) is 31.4 Å². The number of pyridine rings is 1. The molecule has 1 aromatic carbocycles. The van der Waals surface area contributed by atoms with Gasteiger partial charge in [-0.3, -0.25) is 4.98 Å². The van der Waals surface area contributed by atoms with Crippen molar-refractivity contribution < 1.29 is 4.39 Å². The molecule has 1 atom stereocenters. The van der Waals surface area contributed by atoms with Crippen LogP contribution < -0.4 is 5.32 Å². The Kier molecular flexibility index (Phi) is 6.63. The third-order valence-corrected chi connectivity index (χ3v) is 4.08. The van der Waals surface area contributed by atoms with E-state index in [1.54, 1.807) is 24.4 Å². The summed E-state index contributed by atoms with van der Waals surface area (Å²) in [6, 6.07) is 12.3. The van der Waals surface area contributed by atoms with E-state index >= 15 is 0 Å². The Balaban J connectivity index is 2.18. The third kappa shape index (κ3) is 4.97. The molecule has 128 valence electrons. The predicted octanol–water partition coefficient (Wildman–Crippen LogP) is 3.54. The summed E-state index contributed by atoms with van der Waals surface area (Å²) in [7, 11) is 4.02. The number of thiocarbonyl (C=S) groups is 1. The summed E-state index contributed by atoms with van der Waals surface area (Å²) in [6.45, 7) is 3.59. The van der Waals surface area contributed by atoms with E-state index in [9.17, 15) is 4.39 Å². The summed E-state index contributed by atoms with van der Waals surface area (Å²) < 4.78 is 13.9. The van der Waals surface area contributed by atoms with E-state index < -0.39 is 0 Å². The zero-order chi connectivity index (χ0) is 17.5. The number of hydrogen-bond acceptors (Lipinski definition) is 3. The number of para-hydroxylation sites is 1. The number of halogens is 1. The summed E-state index contributed by atoms with van der Waals surface area (Å²) in [5.74, 6) is -0.321. The molecule has 0 bridgehead atoms. The van der Waals surface area contributed by atoms with Crippen molar-refractivity contribution in [2.24, 2.45) is 0 Å². The summed E-state index contributed by atoms with van der Waals surface area (Å²) >= 11 is 5.55. The predicted molar refractivity (Wildman–Crippen MR) is 101 cm³/mol. The Morgan fingerprint density at radius 2 is 1.88 bits per heavy atom. The van der Waals surface area contributed by atoms with Gasteiger partial charge in [-0.1, -0.05) is 18.2 Å². The molecular weight excluding hydrogens is 323 g/mol. The van der Waals surface area contributed by atoms with Crippen molar-refractivity contribution in [1.82, 2.24) is 14.8 Å². The van der Waals surface area contributed by atoms with Gasteiger partial charge in [0.2, 0.25) is 0 Å². The smallest absolute Gasteiger partial charge is 0.174 e. The van der Waals surface area contributed by atoms with Gasteiger partial charge in [0.05, 0.1) is 17.4 Å². The zero-order valence-electron chi connectivity index (χ0n) is 14.2. The van der Waals surface area contributed by atoms with Crippen molar-refractivity contribution in [2.45, 2.75) is 13.0 Å². The van der Waals surface area contributed by atoms with Crippen molar-refractivity contribution >= 4 is 23.0 Å². The van der Waals surface area contributed by atoms with Gasteiger partial charge in [-0.25, -0.2) is 4.39 Å². The molecule has 0 radical (unpaired) electrons. The van der Waals surface area contributed by atoms with Crippen LogP contribution >= 0.6 is 12.2 Å². The van der Waals surface area contributed by atoms with Gasteiger partial charge in [0.1, 0.15) is 5.82 Å². The van der Waals surface area contributed by atoms with Crippen LogP contribution in [0.2, 0.25) is 0 Å². The van der Waals surface area contributed by atoms with E-state index in [0.29, 0.717) is 17.3 Å². The van der Waals surface area contributed by atoms with E-state index in [0.717, 1.165) is 12.2 Å². The average molecular weight is 346 g/mol. The van der Waals surface area contributed by atoms with E-state index in [1.165, 1.54) is 6.07 Å². The van der Waals surface area contributed by atoms with E-state index in [1.807, 2.05) is 44.1 Å². The molecule has 1 N–H and O–H groups in total. The molecular formula is C18H23FN4S. The zero-order valence-corrected chi connectivity index (χ0v) is 15.1. The second-order valence-electron chi connectivity index (χ2n) is 5.84. The highest BCUT2D eigenvalue weighted by Gasteiger charge is 2.20. The number of hydrogen-bond donors (Lipinski definition) is 1. The molecule has 0 fully saturated rings. The van der Waals surface area contributed by atoms with Crippen LogP contribution in [0.5, 0.6) is 0 Å². The van der Waals surface area contributed by atoms with Crippen LogP contribution in [0, 0.1) is 5.82 Å². The summed E-state index contributed by atoms with van der Waals surface area (Å²) in [6.07, 6.45) is 1.77. The second kappa shape index (κ2) is 8.70. The first-order valence-electron chi connectivity index (χ1n) is 7.87. The van der Waals surface area contributed by atoms with Gasteiger partial charge in [0, 0.05) is 19.3 Å². The fourth-order valence-electron chi connectivity index (χ4n) is 2.31. The number of benzene rings is 1. The summed E-state index contributed by atoms with van der Waals surface area (Å²) in [4.78, 5) is 8.54. The Morgan fingerprint density at radius 3 is 2.50 bits per heavy atom. The maximum atomic E-state index is 13.9. The minimum absolute atomic E-state index is 0.0158. The highest BCUT2D eigenvalue weighted by atomic mass is 32.1. The molecule has 1 heterocycles. The van der Waals surface area contributed by atoms with Crippen LogP contribution in [0.4, 0.5) is 10.1 Å². The lowest BCUT2D eigenvalue weighted by molar-refractivity contribution is 0.286. The molecule has 4 nitrogen and oxygen atoms in total. The number of nitrogens with zero attached hydrogens (tertiary/aromatic N) is 3. The van der Waals surface area contributed by atoms with Gasteiger partial charge < -0.3 is 15.1 Å². The molecule has 0 aliphatic heterocycles. The lowest BCUT2D eigenvalue weighted by Crippen LogP contribution is -2.41. The Bertz CT molecular complexity index is 663. The Hall–Kier alpha value is -2.05. The third-order valence-electron chi connectivity index (χ3n) is 3.75. The summed E-state index contributed by atoms with van der Waals surface area (Å²) in [5.41, 5.74) is 1.31. The van der Waals surface area contributed by atoms with Crippen LogP contribution in [0.1, 0.15) is 18.7 Å². The lowest BCUT2D eigenvalue weighted by Gasteiger charge is -2.32. The highest BCUT2D eigenvalue weighted by molar-refractivity contribution is 7.80. The largest absolute Gasteiger partial charge is 0.339 e. The molecule has 0 amide bonds. The highest BCUT2D eigenvalue weighted by Crippen LogP contribution is 2.20.